The Kier molecular flexibility index (Phi) is 10.8. The third-order valence-electron chi connectivity index (χ3n) is 6.09. The van der Waals surface area contributed by atoms with Gasteiger partial charge in [-0.15, -0.1) is 0 Å². The first-order valence-corrected chi connectivity index (χ1v) is 12.9. The number of nitrogens with zero attached hydrogens (tertiary/aromatic N) is 1. The van der Waals surface area contributed by atoms with Crippen LogP contribution in [0.2, 0.25) is 5.02 Å². The van der Waals surface area contributed by atoms with E-state index in [1.54, 1.807) is 17.0 Å². The molecule has 0 saturated carbocycles. The quantitative estimate of drug-likeness (QED) is 0.287. The Hall–Kier alpha value is -3.31. The number of halogens is 1. The van der Waals surface area contributed by atoms with Crippen molar-refractivity contribution in [2.24, 2.45) is 0 Å². The minimum atomic E-state index is -0.639. The van der Waals surface area contributed by atoms with Crippen molar-refractivity contribution in [3.8, 4) is 5.75 Å². The van der Waals surface area contributed by atoms with Crippen LogP contribution in [-0.2, 0) is 22.6 Å². The lowest BCUT2D eigenvalue weighted by Crippen LogP contribution is -2.52. The molecule has 2 atom stereocenters. The van der Waals surface area contributed by atoms with Gasteiger partial charge in [0, 0.05) is 30.5 Å². The molecule has 0 radical (unpaired) electrons. The highest BCUT2D eigenvalue weighted by Gasteiger charge is 2.30. The number of hydrogen-bond donors (Lipinski definition) is 1. The monoisotopic (exact) mass is 506 g/mol. The van der Waals surface area contributed by atoms with Gasteiger partial charge in [-0.25, -0.2) is 0 Å². The minimum Gasteiger partial charge on any atom is -0.494 e. The smallest absolute Gasteiger partial charge is 0.243 e. The van der Waals surface area contributed by atoms with Crippen molar-refractivity contribution < 1.29 is 14.3 Å². The van der Waals surface area contributed by atoms with Crippen LogP contribution in [0.5, 0.6) is 5.75 Å². The number of carbonyl (C=O) groups is 2. The van der Waals surface area contributed by atoms with Crippen LogP contribution in [0, 0.1) is 0 Å². The molecule has 190 valence electrons. The van der Waals surface area contributed by atoms with Crippen molar-refractivity contribution >= 4 is 23.4 Å². The summed E-state index contributed by atoms with van der Waals surface area (Å²) in [6.45, 7) is 4.75. The Morgan fingerprint density at radius 2 is 1.56 bits per heavy atom. The minimum absolute atomic E-state index is 0.0162. The number of benzene rings is 3. The molecule has 0 aliphatic carbocycles. The van der Waals surface area contributed by atoms with Gasteiger partial charge in [0.25, 0.3) is 0 Å². The van der Waals surface area contributed by atoms with Crippen LogP contribution < -0.4 is 10.1 Å². The zero-order valence-electron chi connectivity index (χ0n) is 21.0. The SMILES string of the molecule is CC[C@H](C)NC(=O)[C@@H](Cc1ccccc1)N(Cc1ccc(Cl)cc1)C(=O)CCCOc1ccccc1. The molecule has 0 fully saturated rings. The molecule has 0 aliphatic heterocycles. The second-order valence-corrected chi connectivity index (χ2v) is 9.37. The van der Waals surface area contributed by atoms with E-state index in [4.69, 9.17) is 16.3 Å². The van der Waals surface area contributed by atoms with Gasteiger partial charge in [-0.05, 0) is 55.2 Å². The normalized spacial score (nSPS) is 12.4. The predicted octanol–water partition coefficient (Wildman–Crippen LogP) is 6.05. The fourth-order valence-corrected chi connectivity index (χ4v) is 3.98. The van der Waals surface area contributed by atoms with Crippen LogP contribution in [0.4, 0.5) is 0 Å². The standard InChI is InChI=1S/C30H35ClN2O3/c1-3-23(2)32-30(35)28(21-24-11-6-4-7-12-24)33(22-25-16-18-26(31)19-17-25)29(34)15-10-20-36-27-13-8-5-9-14-27/h4-9,11-14,16-19,23,28H,3,10,15,20-22H2,1-2H3,(H,32,35)/t23-,28+/m0/s1. The van der Waals surface area contributed by atoms with Crippen LogP contribution in [0.15, 0.2) is 84.9 Å². The zero-order chi connectivity index (χ0) is 25.8. The molecule has 0 spiro atoms. The van der Waals surface area contributed by atoms with Gasteiger partial charge in [0.15, 0.2) is 0 Å². The van der Waals surface area contributed by atoms with Gasteiger partial charge >= 0.3 is 0 Å². The molecule has 0 saturated heterocycles. The molecule has 5 nitrogen and oxygen atoms in total. The number of rotatable bonds is 13. The Balaban J connectivity index is 1.80. The summed E-state index contributed by atoms with van der Waals surface area (Å²) in [6.07, 6.45) is 2.08. The lowest BCUT2D eigenvalue weighted by molar-refractivity contribution is -0.141. The lowest BCUT2D eigenvalue weighted by Gasteiger charge is -2.32. The van der Waals surface area contributed by atoms with Crippen LogP contribution in [0.1, 0.15) is 44.2 Å². The first-order chi connectivity index (χ1) is 17.5. The summed E-state index contributed by atoms with van der Waals surface area (Å²) >= 11 is 6.08. The number of para-hydroxylation sites is 1. The molecule has 0 aromatic heterocycles. The van der Waals surface area contributed by atoms with E-state index in [2.05, 4.69) is 5.32 Å². The molecule has 3 rings (SSSR count). The number of hydrogen-bond acceptors (Lipinski definition) is 3. The second kappa shape index (κ2) is 14.3. The Bertz CT molecular complexity index is 1070. The van der Waals surface area contributed by atoms with Crippen molar-refractivity contribution in [3.05, 3.63) is 101 Å². The van der Waals surface area contributed by atoms with E-state index >= 15 is 0 Å². The van der Waals surface area contributed by atoms with Crippen molar-refractivity contribution in [2.75, 3.05) is 6.61 Å². The van der Waals surface area contributed by atoms with Crippen molar-refractivity contribution in [2.45, 2.75) is 58.2 Å². The molecular weight excluding hydrogens is 472 g/mol. The largest absolute Gasteiger partial charge is 0.494 e. The van der Waals surface area contributed by atoms with Crippen molar-refractivity contribution in [1.82, 2.24) is 10.2 Å². The van der Waals surface area contributed by atoms with Crippen LogP contribution in [-0.4, -0.2) is 35.4 Å². The first kappa shape index (κ1) is 27.3. The molecule has 0 aliphatic rings. The maximum atomic E-state index is 13.6. The number of carbonyl (C=O) groups excluding carboxylic acids is 2. The molecule has 3 aromatic rings. The summed E-state index contributed by atoms with van der Waals surface area (Å²) in [4.78, 5) is 28.8. The summed E-state index contributed by atoms with van der Waals surface area (Å²) in [7, 11) is 0. The van der Waals surface area contributed by atoms with E-state index in [0.29, 0.717) is 31.0 Å². The molecule has 6 heteroatoms. The van der Waals surface area contributed by atoms with Gasteiger partial charge in [0.2, 0.25) is 11.8 Å². The average molecular weight is 507 g/mol. The van der Waals surface area contributed by atoms with E-state index in [1.165, 1.54) is 0 Å². The van der Waals surface area contributed by atoms with Crippen molar-refractivity contribution in [3.63, 3.8) is 0 Å². The molecule has 3 aromatic carbocycles. The highest BCUT2D eigenvalue weighted by atomic mass is 35.5. The van der Waals surface area contributed by atoms with Gasteiger partial charge < -0.3 is 15.0 Å². The molecule has 1 N–H and O–H groups in total. The molecule has 0 bridgehead atoms. The number of ether oxygens (including phenoxy) is 1. The topological polar surface area (TPSA) is 58.6 Å². The van der Waals surface area contributed by atoms with Gasteiger partial charge in [-0.3, -0.25) is 9.59 Å². The van der Waals surface area contributed by atoms with Crippen molar-refractivity contribution in [1.29, 1.82) is 0 Å². The zero-order valence-corrected chi connectivity index (χ0v) is 21.8. The molecule has 2 amide bonds. The van der Waals surface area contributed by atoms with E-state index in [9.17, 15) is 9.59 Å². The summed E-state index contributed by atoms with van der Waals surface area (Å²) in [5, 5.41) is 3.72. The maximum absolute atomic E-state index is 13.6. The maximum Gasteiger partial charge on any atom is 0.243 e. The summed E-state index contributed by atoms with van der Waals surface area (Å²) in [5.74, 6) is 0.552. The molecular formula is C30H35ClN2O3. The summed E-state index contributed by atoms with van der Waals surface area (Å²) in [5.41, 5.74) is 1.92. The van der Waals surface area contributed by atoms with E-state index in [1.807, 2.05) is 86.6 Å². The fraction of sp³-hybridized carbons (Fsp3) is 0.333. The van der Waals surface area contributed by atoms with Gasteiger partial charge in [0.05, 0.1) is 6.61 Å². The fourth-order valence-electron chi connectivity index (χ4n) is 3.86. The Labute approximate surface area is 219 Å². The van der Waals surface area contributed by atoms with Crippen LogP contribution >= 0.6 is 11.6 Å². The summed E-state index contributed by atoms with van der Waals surface area (Å²) in [6, 6.07) is 26.1. The predicted molar refractivity (Wildman–Crippen MR) is 145 cm³/mol. The Morgan fingerprint density at radius 1 is 0.917 bits per heavy atom. The van der Waals surface area contributed by atoms with Gasteiger partial charge in [0.1, 0.15) is 11.8 Å². The second-order valence-electron chi connectivity index (χ2n) is 8.94. The first-order valence-electron chi connectivity index (χ1n) is 12.5. The number of nitrogens with one attached hydrogen (secondary N) is 1. The average Bonchev–Trinajstić information content (AvgIpc) is 2.90. The summed E-state index contributed by atoms with van der Waals surface area (Å²) < 4.78 is 5.77. The van der Waals surface area contributed by atoms with E-state index < -0.39 is 6.04 Å². The lowest BCUT2D eigenvalue weighted by atomic mass is 10.0. The number of amides is 2. The molecule has 0 unspecified atom stereocenters. The highest BCUT2D eigenvalue weighted by molar-refractivity contribution is 6.30. The highest BCUT2D eigenvalue weighted by Crippen LogP contribution is 2.18. The van der Waals surface area contributed by atoms with E-state index in [0.717, 1.165) is 23.3 Å². The molecule has 0 heterocycles. The third kappa shape index (κ3) is 8.72. The van der Waals surface area contributed by atoms with E-state index in [-0.39, 0.29) is 24.3 Å². The Morgan fingerprint density at radius 3 is 2.19 bits per heavy atom. The molecule has 36 heavy (non-hydrogen) atoms. The van der Waals surface area contributed by atoms with Gasteiger partial charge in [-0.2, -0.15) is 0 Å². The third-order valence-corrected chi connectivity index (χ3v) is 6.34. The van der Waals surface area contributed by atoms with Crippen LogP contribution in [0.25, 0.3) is 0 Å². The van der Waals surface area contributed by atoms with Gasteiger partial charge in [-0.1, -0.05) is 79.2 Å². The van der Waals surface area contributed by atoms with Crippen LogP contribution in [0.3, 0.4) is 0 Å².